The summed E-state index contributed by atoms with van der Waals surface area (Å²) in [5, 5.41) is 12.6. The van der Waals surface area contributed by atoms with Crippen LogP contribution in [0.15, 0.2) is 29.6 Å². The molecule has 0 aliphatic rings. The molecule has 5 N–H and O–H groups in total. The maximum atomic E-state index is 8.78. The largest absolute Gasteiger partial charge is 0.465 e. The fourth-order valence-corrected chi connectivity index (χ4v) is 1.79. The summed E-state index contributed by atoms with van der Waals surface area (Å²) < 4.78 is 0. The number of nitrogen functional groups attached to an aromatic ring is 1. The van der Waals surface area contributed by atoms with Gasteiger partial charge < -0.3 is 16.6 Å². The summed E-state index contributed by atoms with van der Waals surface area (Å²) in [7, 11) is 0. The van der Waals surface area contributed by atoms with E-state index in [1.807, 2.05) is 18.2 Å². The Kier molecular flexibility index (Phi) is 3.30. The third kappa shape index (κ3) is 2.63. The molecule has 74 valence electrons. The van der Waals surface area contributed by atoms with E-state index in [2.05, 4.69) is 17.2 Å². The summed E-state index contributed by atoms with van der Waals surface area (Å²) in [5.74, 6) is 0. The average Bonchev–Trinajstić information content (AvgIpc) is 2.48. The quantitative estimate of drug-likeness (QED) is 0.622. The number of anilines is 1. The molecule has 1 aromatic carbocycles. The monoisotopic (exact) mass is 210 g/mol. The Morgan fingerprint density at radius 2 is 1.93 bits per heavy atom. The predicted molar refractivity (Wildman–Crippen MR) is 58.4 cm³/mol. The van der Waals surface area contributed by atoms with Crippen molar-refractivity contribution in [2.75, 3.05) is 5.73 Å². The van der Waals surface area contributed by atoms with E-state index >= 15 is 0 Å². The van der Waals surface area contributed by atoms with Gasteiger partial charge in [-0.3, -0.25) is 0 Å². The lowest BCUT2D eigenvalue weighted by Gasteiger charge is -1.87. The topological polar surface area (TPSA) is 89.3 Å². The molecule has 5 heteroatoms. The zero-order valence-electron chi connectivity index (χ0n) is 7.31. The molecule has 0 unspecified atom stereocenters. The number of carboxylic acid groups (broad SMARTS) is 1. The van der Waals surface area contributed by atoms with Gasteiger partial charge in [-0.1, -0.05) is 24.3 Å². The van der Waals surface area contributed by atoms with Crippen molar-refractivity contribution in [1.29, 1.82) is 0 Å². The van der Waals surface area contributed by atoms with E-state index in [0.717, 1.165) is 5.00 Å². The van der Waals surface area contributed by atoms with Crippen LogP contribution in [0, 0.1) is 0 Å². The highest BCUT2D eigenvalue weighted by Gasteiger charge is 1.96. The van der Waals surface area contributed by atoms with Gasteiger partial charge in [0.2, 0.25) is 0 Å². The Hall–Kier alpha value is -1.75. The van der Waals surface area contributed by atoms with Crippen molar-refractivity contribution in [3.63, 3.8) is 0 Å². The second-order valence-corrected chi connectivity index (χ2v) is 3.44. The van der Waals surface area contributed by atoms with Crippen molar-refractivity contribution < 1.29 is 9.90 Å². The van der Waals surface area contributed by atoms with E-state index in [9.17, 15) is 0 Å². The molecule has 0 bridgehead atoms. The van der Waals surface area contributed by atoms with Gasteiger partial charge >= 0.3 is 6.09 Å². The van der Waals surface area contributed by atoms with Crippen LogP contribution in [-0.2, 0) is 0 Å². The Bertz CT molecular complexity index is 435. The maximum Gasteiger partial charge on any atom is 0.402 e. The summed E-state index contributed by atoms with van der Waals surface area (Å²) in [6.45, 7) is 0. The zero-order valence-corrected chi connectivity index (χ0v) is 8.12. The molecule has 0 atom stereocenters. The number of carbonyl (C=O) groups is 1. The van der Waals surface area contributed by atoms with Gasteiger partial charge in [0.15, 0.2) is 0 Å². The number of hydrogen-bond acceptors (Lipinski definition) is 3. The normalized spacial score (nSPS) is 9.14. The molecule has 1 amide bonds. The van der Waals surface area contributed by atoms with E-state index in [0.29, 0.717) is 0 Å². The number of nitrogens with two attached hydrogens (primary N) is 2. The van der Waals surface area contributed by atoms with Crippen LogP contribution in [0.3, 0.4) is 0 Å². The second kappa shape index (κ2) is 4.48. The number of fused-ring (bicyclic) bond motifs is 1. The standard InChI is InChI=1S/C8H7NS.CH3NO2/c9-8-7-4-2-1-3-6(7)5-10-8;2-1(3)4/h1-5H,9H2;2H2,(H,3,4). The molecule has 2 rings (SSSR count). The molecule has 1 aromatic heterocycles. The molecule has 1 heterocycles. The van der Waals surface area contributed by atoms with E-state index in [-0.39, 0.29) is 0 Å². The first kappa shape index (κ1) is 10.3. The zero-order chi connectivity index (χ0) is 10.6. The Balaban J connectivity index is 0.000000213. The summed E-state index contributed by atoms with van der Waals surface area (Å²) in [5.41, 5.74) is 9.72. The van der Waals surface area contributed by atoms with Gasteiger partial charge in [-0.05, 0) is 5.39 Å². The van der Waals surface area contributed by atoms with Crippen molar-refractivity contribution in [1.82, 2.24) is 0 Å². The van der Waals surface area contributed by atoms with Crippen LogP contribution < -0.4 is 11.5 Å². The smallest absolute Gasteiger partial charge is 0.402 e. The molecule has 0 aliphatic carbocycles. The van der Waals surface area contributed by atoms with E-state index in [4.69, 9.17) is 15.6 Å². The van der Waals surface area contributed by atoms with Crippen LogP contribution in [0.2, 0.25) is 0 Å². The lowest BCUT2D eigenvalue weighted by atomic mass is 10.2. The molecule has 0 fully saturated rings. The van der Waals surface area contributed by atoms with Crippen LogP contribution in [-0.4, -0.2) is 11.2 Å². The van der Waals surface area contributed by atoms with E-state index < -0.39 is 6.09 Å². The molecular weight excluding hydrogens is 200 g/mol. The number of rotatable bonds is 0. The number of primary amides is 1. The number of hydrogen-bond donors (Lipinski definition) is 3. The molecule has 0 aliphatic heterocycles. The molecule has 0 spiro atoms. The Morgan fingerprint density at radius 3 is 2.50 bits per heavy atom. The van der Waals surface area contributed by atoms with Gasteiger partial charge in [0, 0.05) is 10.8 Å². The van der Waals surface area contributed by atoms with Gasteiger partial charge in [0.25, 0.3) is 0 Å². The number of thiophene rings is 1. The summed E-state index contributed by atoms with van der Waals surface area (Å²) in [6, 6.07) is 8.14. The predicted octanol–water partition coefficient (Wildman–Crippen LogP) is 2.11. The Labute approximate surface area is 84.8 Å². The molecule has 4 nitrogen and oxygen atoms in total. The highest BCUT2D eigenvalue weighted by atomic mass is 32.1. The average molecular weight is 210 g/mol. The minimum atomic E-state index is -1.33. The first-order valence-electron chi connectivity index (χ1n) is 3.81. The minimum Gasteiger partial charge on any atom is -0.465 e. The van der Waals surface area contributed by atoms with Crippen molar-refractivity contribution >= 4 is 33.2 Å². The molecular formula is C9H10N2O2S. The highest BCUT2D eigenvalue weighted by molar-refractivity contribution is 7.15. The van der Waals surface area contributed by atoms with Crippen LogP contribution in [0.5, 0.6) is 0 Å². The summed E-state index contributed by atoms with van der Waals surface area (Å²) >= 11 is 1.60. The van der Waals surface area contributed by atoms with E-state index in [1.165, 1.54) is 10.8 Å². The SMILES string of the molecule is NC(=O)O.Nc1scc2ccccc12. The second-order valence-electron chi connectivity index (χ2n) is 2.53. The Morgan fingerprint density at radius 1 is 1.36 bits per heavy atom. The maximum absolute atomic E-state index is 8.78. The fraction of sp³-hybridized carbons (Fsp3) is 0. The lowest BCUT2D eigenvalue weighted by Crippen LogP contribution is -2.03. The van der Waals surface area contributed by atoms with Gasteiger partial charge in [-0.2, -0.15) is 0 Å². The van der Waals surface area contributed by atoms with Crippen molar-refractivity contribution in [3.8, 4) is 0 Å². The third-order valence-corrected chi connectivity index (χ3v) is 2.38. The molecule has 0 saturated carbocycles. The molecule has 0 saturated heterocycles. The van der Waals surface area contributed by atoms with E-state index in [1.54, 1.807) is 11.3 Å². The van der Waals surface area contributed by atoms with Crippen molar-refractivity contribution in [2.24, 2.45) is 5.73 Å². The highest BCUT2D eigenvalue weighted by Crippen LogP contribution is 2.26. The lowest BCUT2D eigenvalue weighted by molar-refractivity contribution is 0.205. The number of benzene rings is 1. The van der Waals surface area contributed by atoms with Crippen LogP contribution >= 0.6 is 11.3 Å². The van der Waals surface area contributed by atoms with Gasteiger partial charge in [0.05, 0.1) is 5.00 Å². The van der Waals surface area contributed by atoms with Crippen LogP contribution in [0.25, 0.3) is 10.8 Å². The minimum absolute atomic E-state index is 0.913. The van der Waals surface area contributed by atoms with Gasteiger partial charge in [0.1, 0.15) is 0 Å². The fourth-order valence-electron chi connectivity index (χ4n) is 1.01. The molecule has 0 radical (unpaired) electrons. The van der Waals surface area contributed by atoms with Crippen molar-refractivity contribution in [3.05, 3.63) is 29.6 Å². The third-order valence-electron chi connectivity index (χ3n) is 1.54. The van der Waals surface area contributed by atoms with Gasteiger partial charge in [-0.15, -0.1) is 11.3 Å². The first-order chi connectivity index (χ1) is 6.61. The summed E-state index contributed by atoms with van der Waals surface area (Å²) in [4.78, 5) is 8.78. The summed E-state index contributed by atoms with van der Waals surface area (Å²) in [6.07, 6.45) is -1.33. The van der Waals surface area contributed by atoms with Gasteiger partial charge in [-0.25, -0.2) is 4.79 Å². The van der Waals surface area contributed by atoms with Crippen LogP contribution in [0.1, 0.15) is 0 Å². The number of amides is 1. The molecule has 14 heavy (non-hydrogen) atoms. The first-order valence-corrected chi connectivity index (χ1v) is 4.69. The van der Waals surface area contributed by atoms with Crippen molar-refractivity contribution in [2.45, 2.75) is 0 Å². The van der Waals surface area contributed by atoms with Crippen LogP contribution in [0.4, 0.5) is 9.80 Å². The molecule has 2 aromatic rings.